The summed E-state index contributed by atoms with van der Waals surface area (Å²) in [5.41, 5.74) is 3.41. The number of halogens is 2. The lowest BCUT2D eigenvalue weighted by molar-refractivity contribution is -0.119. The van der Waals surface area contributed by atoms with Crippen LogP contribution in [0.2, 0.25) is 5.02 Å². The van der Waals surface area contributed by atoms with Crippen molar-refractivity contribution in [3.63, 3.8) is 0 Å². The van der Waals surface area contributed by atoms with E-state index in [2.05, 4.69) is 5.32 Å². The van der Waals surface area contributed by atoms with Gasteiger partial charge >= 0.3 is 0 Å². The topological polar surface area (TPSA) is 63.2 Å². The third kappa shape index (κ3) is 5.54. The van der Waals surface area contributed by atoms with Gasteiger partial charge in [-0.15, -0.1) is 0 Å². The predicted molar refractivity (Wildman–Crippen MR) is 101 cm³/mol. The monoisotopic (exact) mass is 397 g/mol. The zero-order valence-electron chi connectivity index (χ0n) is 14.8. The van der Waals surface area contributed by atoms with Crippen molar-refractivity contribution in [2.24, 2.45) is 0 Å². The number of benzene rings is 2. The summed E-state index contributed by atoms with van der Waals surface area (Å²) in [7, 11) is -3.73. The molecule has 0 aromatic heterocycles. The van der Waals surface area contributed by atoms with Crippen LogP contribution in [0.1, 0.15) is 35.2 Å². The summed E-state index contributed by atoms with van der Waals surface area (Å²) < 4.78 is 37.6. The molecule has 0 radical (unpaired) electrons. The van der Waals surface area contributed by atoms with E-state index in [-0.39, 0.29) is 16.6 Å². The van der Waals surface area contributed by atoms with E-state index in [1.165, 1.54) is 6.07 Å². The number of nitrogens with one attached hydrogen (secondary N) is 1. The minimum atomic E-state index is -3.73. The number of hydrogen-bond acceptors (Lipinski definition) is 3. The lowest BCUT2D eigenvalue weighted by Crippen LogP contribution is -2.32. The van der Waals surface area contributed by atoms with E-state index in [4.69, 9.17) is 11.6 Å². The molecule has 0 aliphatic carbocycles. The van der Waals surface area contributed by atoms with Crippen LogP contribution in [-0.2, 0) is 20.4 Å². The average molecular weight is 398 g/mol. The van der Waals surface area contributed by atoms with Gasteiger partial charge in [0.25, 0.3) is 0 Å². The van der Waals surface area contributed by atoms with Crippen LogP contribution in [0.3, 0.4) is 0 Å². The van der Waals surface area contributed by atoms with Gasteiger partial charge in [-0.1, -0.05) is 35.9 Å². The molecule has 0 saturated heterocycles. The van der Waals surface area contributed by atoms with Crippen LogP contribution in [0.25, 0.3) is 0 Å². The first kappa shape index (κ1) is 20.4. The third-order valence-electron chi connectivity index (χ3n) is 4.15. The number of amides is 1. The molecule has 7 heteroatoms. The summed E-state index contributed by atoms with van der Waals surface area (Å²) in [6.07, 6.45) is 0. The van der Waals surface area contributed by atoms with Gasteiger partial charge in [-0.05, 0) is 55.2 Å². The van der Waals surface area contributed by atoms with Gasteiger partial charge in [0.05, 0.1) is 11.8 Å². The Bertz CT molecular complexity index is 928. The van der Waals surface area contributed by atoms with Crippen LogP contribution in [-0.4, -0.2) is 20.1 Å². The van der Waals surface area contributed by atoms with Crippen LogP contribution in [0, 0.1) is 19.7 Å². The predicted octanol–water partition coefficient (Wildman–Crippen LogP) is 3.89. The van der Waals surface area contributed by atoms with Gasteiger partial charge in [0.1, 0.15) is 11.6 Å². The first-order valence-corrected chi connectivity index (χ1v) is 10.3. The molecule has 2 rings (SSSR count). The lowest BCUT2D eigenvalue weighted by Gasteiger charge is -2.16. The van der Waals surface area contributed by atoms with Gasteiger partial charge in [-0.25, -0.2) is 12.8 Å². The molecule has 0 spiro atoms. The van der Waals surface area contributed by atoms with Crippen LogP contribution < -0.4 is 5.32 Å². The SMILES string of the molecule is Cc1ccc(C(C)NC(=O)CS(=O)(=O)Cc2ccc(F)cc2Cl)cc1C. The number of sulfone groups is 1. The molecular formula is C19H21ClFNO3S. The fourth-order valence-electron chi connectivity index (χ4n) is 2.53. The fraction of sp³-hybridized carbons (Fsp3) is 0.316. The second kappa shape index (κ2) is 8.18. The molecule has 2 aromatic rings. The molecule has 26 heavy (non-hydrogen) atoms. The van der Waals surface area contributed by atoms with Crippen molar-refractivity contribution in [3.8, 4) is 0 Å². The highest BCUT2D eigenvalue weighted by molar-refractivity contribution is 7.91. The average Bonchev–Trinajstić information content (AvgIpc) is 2.52. The molecule has 0 aliphatic heterocycles. The maximum atomic E-state index is 13.1. The minimum Gasteiger partial charge on any atom is -0.349 e. The first-order valence-electron chi connectivity index (χ1n) is 8.08. The van der Waals surface area contributed by atoms with Gasteiger partial charge in [0, 0.05) is 5.02 Å². The normalized spacial score (nSPS) is 12.7. The van der Waals surface area contributed by atoms with E-state index in [1.54, 1.807) is 6.92 Å². The largest absolute Gasteiger partial charge is 0.349 e. The van der Waals surface area contributed by atoms with E-state index in [1.807, 2.05) is 32.0 Å². The first-order chi connectivity index (χ1) is 12.1. The number of rotatable bonds is 6. The lowest BCUT2D eigenvalue weighted by atomic mass is 10.0. The molecule has 0 aliphatic rings. The zero-order chi connectivity index (χ0) is 19.5. The second-order valence-electron chi connectivity index (χ2n) is 6.40. The van der Waals surface area contributed by atoms with Gasteiger partial charge in [0.15, 0.2) is 9.84 Å². The maximum absolute atomic E-state index is 13.1. The van der Waals surface area contributed by atoms with Crippen molar-refractivity contribution in [1.29, 1.82) is 0 Å². The van der Waals surface area contributed by atoms with Crippen molar-refractivity contribution >= 4 is 27.3 Å². The highest BCUT2D eigenvalue weighted by Gasteiger charge is 2.20. The molecule has 1 atom stereocenters. The van der Waals surface area contributed by atoms with Crippen molar-refractivity contribution in [2.75, 3.05) is 5.75 Å². The van der Waals surface area contributed by atoms with Gasteiger partial charge in [0.2, 0.25) is 5.91 Å². The Morgan fingerprint density at radius 1 is 1.15 bits per heavy atom. The Morgan fingerprint density at radius 2 is 1.85 bits per heavy atom. The van der Waals surface area contributed by atoms with Crippen molar-refractivity contribution in [2.45, 2.75) is 32.6 Å². The summed E-state index contributed by atoms with van der Waals surface area (Å²) in [6.45, 7) is 5.77. The van der Waals surface area contributed by atoms with Gasteiger partial charge in [-0.3, -0.25) is 4.79 Å². The Balaban J connectivity index is 2.02. The second-order valence-corrected chi connectivity index (χ2v) is 8.87. The smallest absolute Gasteiger partial charge is 0.235 e. The Labute approximate surface area is 158 Å². The number of carbonyl (C=O) groups excluding carboxylic acids is 1. The van der Waals surface area contributed by atoms with E-state index in [0.717, 1.165) is 28.8 Å². The molecule has 140 valence electrons. The summed E-state index contributed by atoms with van der Waals surface area (Å²) in [6, 6.07) is 9.01. The Hall–Kier alpha value is -1.92. The molecule has 4 nitrogen and oxygen atoms in total. The highest BCUT2D eigenvalue weighted by atomic mass is 35.5. The standard InChI is InChI=1S/C19H21ClFNO3S/c1-12-4-5-15(8-13(12)2)14(3)22-19(23)11-26(24,25)10-16-6-7-17(21)9-18(16)20/h4-9,14H,10-11H2,1-3H3,(H,22,23). The van der Waals surface area contributed by atoms with Crippen LogP contribution in [0.5, 0.6) is 0 Å². The van der Waals surface area contributed by atoms with E-state index >= 15 is 0 Å². The molecule has 0 fully saturated rings. The Kier molecular flexibility index (Phi) is 6.42. The molecular weight excluding hydrogens is 377 g/mol. The summed E-state index contributed by atoms with van der Waals surface area (Å²) in [4.78, 5) is 12.1. The summed E-state index contributed by atoms with van der Waals surface area (Å²) >= 11 is 5.86. The van der Waals surface area contributed by atoms with Gasteiger partial charge in [-0.2, -0.15) is 0 Å². The molecule has 2 aromatic carbocycles. The van der Waals surface area contributed by atoms with E-state index in [9.17, 15) is 17.6 Å². The number of carbonyl (C=O) groups is 1. The minimum absolute atomic E-state index is 0.0254. The van der Waals surface area contributed by atoms with E-state index < -0.39 is 33.1 Å². The summed E-state index contributed by atoms with van der Waals surface area (Å²) in [5, 5.41) is 2.72. The molecule has 1 amide bonds. The third-order valence-corrected chi connectivity index (χ3v) is 5.95. The van der Waals surface area contributed by atoms with Crippen molar-refractivity contribution in [3.05, 3.63) is 69.5 Å². The molecule has 0 bridgehead atoms. The Morgan fingerprint density at radius 3 is 2.46 bits per heavy atom. The fourth-order valence-corrected chi connectivity index (χ4v) is 4.15. The van der Waals surface area contributed by atoms with Crippen LogP contribution in [0.15, 0.2) is 36.4 Å². The summed E-state index contributed by atoms with van der Waals surface area (Å²) in [5.74, 6) is -2.21. The maximum Gasteiger partial charge on any atom is 0.235 e. The number of hydrogen-bond donors (Lipinski definition) is 1. The molecule has 0 heterocycles. The molecule has 1 N–H and O–H groups in total. The molecule has 0 saturated carbocycles. The van der Waals surface area contributed by atoms with Crippen molar-refractivity contribution < 1.29 is 17.6 Å². The van der Waals surface area contributed by atoms with E-state index in [0.29, 0.717) is 0 Å². The highest BCUT2D eigenvalue weighted by Crippen LogP contribution is 2.20. The zero-order valence-corrected chi connectivity index (χ0v) is 16.4. The quantitative estimate of drug-likeness (QED) is 0.804. The van der Waals surface area contributed by atoms with Crippen LogP contribution >= 0.6 is 11.6 Å². The van der Waals surface area contributed by atoms with Crippen LogP contribution in [0.4, 0.5) is 4.39 Å². The number of aryl methyl sites for hydroxylation is 2. The molecule has 1 unspecified atom stereocenters. The van der Waals surface area contributed by atoms with Crippen molar-refractivity contribution in [1.82, 2.24) is 5.32 Å². The van der Waals surface area contributed by atoms with Gasteiger partial charge < -0.3 is 5.32 Å².